The number of hydrogen-bond donors (Lipinski definition) is 0. The molecule has 186 valence electrons. The molecule has 2 aromatic heterocycles. The molecule has 0 radical (unpaired) electrons. The number of esters is 1. The van der Waals surface area contributed by atoms with Crippen LogP contribution >= 0.6 is 0 Å². The number of carbonyl (C=O) groups is 1. The van der Waals surface area contributed by atoms with Crippen LogP contribution in [0.15, 0.2) is 47.5 Å². The molecule has 10 heteroatoms. The molecule has 0 aliphatic rings. The van der Waals surface area contributed by atoms with Gasteiger partial charge >= 0.3 is 11.7 Å². The Morgan fingerprint density at radius 1 is 1.17 bits per heavy atom. The summed E-state index contributed by atoms with van der Waals surface area (Å²) in [5.41, 5.74) is 0.389. The van der Waals surface area contributed by atoms with Crippen molar-refractivity contribution in [3.05, 3.63) is 81.6 Å². The summed E-state index contributed by atoms with van der Waals surface area (Å²) in [7, 11) is 0. The zero-order chi connectivity index (χ0) is 25.4. The van der Waals surface area contributed by atoms with Crippen LogP contribution in [0.5, 0.6) is 0 Å². The summed E-state index contributed by atoms with van der Waals surface area (Å²) >= 11 is 0. The van der Waals surface area contributed by atoms with E-state index in [4.69, 9.17) is 14.2 Å². The number of aromatic nitrogens is 4. The van der Waals surface area contributed by atoms with Crippen LogP contribution in [0.3, 0.4) is 0 Å². The molecule has 2 heterocycles. The van der Waals surface area contributed by atoms with Crippen molar-refractivity contribution in [1.82, 2.24) is 19.3 Å². The van der Waals surface area contributed by atoms with Crippen LogP contribution in [0.2, 0.25) is 0 Å². The smallest absolute Gasteiger partial charge is 0.352 e. The number of nitrogens with zero attached hydrogens (tertiary/aromatic N) is 4. The first-order chi connectivity index (χ1) is 16.8. The van der Waals surface area contributed by atoms with Crippen LogP contribution in [0.4, 0.5) is 4.39 Å². The van der Waals surface area contributed by atoms with E-state index in [2.05, 4.69) is 10.1 Å². The van der Waals surface area contributed by atoms with Crippen molar-refractivity contribution in [2.75, 3.05) is 6.61 Å². The fourth-order valence-corrected chi connectivity index (χ4v) is 3.25. The largest absolute Gasteiger partial charge is 0.501 e. The van der Waals surface area contributed by atoms with Crippen LogP contribution in [0, 0.1) is 5.82 Å². The highest BCUT2D eigenvalue weighted by atomic mass is 19.1. The highest BCUT2D eigenvalue weighted by molar-refractivity contribution is 5.93. The first-order valence-electron chi connectivity index (χ1n) is 11.4. The summed E-state index contributed by atoms with van der Waals surface area (Å²) in [6.07, 6.45) is 2.34. The van der Waals surface area contributed by atoms with Crippen LogP contribution in [-0.2, 0) is 34.0 Å². The van der Waals surface area contributed by atoms with Crippen LogP contribution < -0.4 is 5.69 Å². The molecule has 9 nitrogen and oxygen atoms in total. The number of ether oxygens (including phenoxy) is 3. The molecule has 0 fully saturated rings. The second-order valence-corrected chi connectivity index (χ2v) is 7.77. The molecule has 0 spiro atoms. The molecule has 0 amide bonds. The molecular weight excluding hydrogens is 455 g/mol. The summed E-state index contributed by atoms with van der Waals surface area (Å²) in [4.78, 5) is 29.7. The predicted octanol–water partition coefficient (Wildman–Crippen LogP) is 3.88. The highest BCUT2D eigenvalue weighted by Gasteiger charge is 2.23. The number of benzene rings is 1. The molecule has 0 unspecified atom stereocenters. The summed E-state index contributed by atoms with van der Waals surface area (Å²) in [6, 6.07) is 10.6. The van der Waals surface area contributed by atoms with Crippen LogP contribution in [0.1, 0.15) is 55.1 Å². The molecular formula is C25H29FN4O5. The normalized spacial score (nSPS) is 11.4. The van der Waals surface area contributed by atoms with Crippen molar-refractivity contribution < 1.29 is 23.4 Å². The number of halogens is 1. The first-order valence-corrected chi connectivity index (χ1v) is 11.4. The molecule has 1 aromatic carbocycles. The number of pyridine rings is 1. The van der Waals surface area contributed by atoms with Gasteiger partial charge in [-0.25, -0.2) is 19.0 Å². The Morgan fingerprint density at radius 3 is 2.57 bits per heavy atom. The Hall–Kier alpha value is -3.79. The average molecular weight is 485 g/mol. The topological polar surface area (TPSA) is 97.5 Å². The Kier molecular flexibility index (Phi) is 8.91. The van der Waals surface area contributed by atoms with Gasteiger partial charge in [0, 0.05) is 6.54 Å². The maximum Gasteiger partial charge on any atom is 0.352 e. The Labute approximate surface area is 202 Å². The van der Waals surface area contributed by atoms with Gasteiger partial charge in [-0.2, -0.15) is 4.68 Å². The van der Waals surface area contributed by atoms with Crippen molar-refractivity contribution >= 4 is 12.0 Å². The van der Waals surface area contributed by atoms with Crippen molar-refractivity contribution in [3.63, 3.8) is 0 Å². The third-order valence-electron chi connectivity index (χ3n) is 4.84. The molecule has 0 aliphatic carbocycles. The van der Waals surface area contributed by atoms with Gasteiger partial charge in [-0.3, -0.25) is 4.57 Å². The standard InChI is InChI=1S/C25H29FN4O5/c1-5-29-22(16-34-15-18-10-8-7-9-11-18)28-30(25(29)32)23-20(26)14-19(24(31)35-17(3)4)21(27-23)12-13-33-6-2/h7-14,17H,5-6,15-16H2,1-4H3/b13-12+. The minimum atomic E-state index is -0.895. The second kappa shape index (κ2) is 12.1. The fraction of sp³-hybridized carbons (Fsp3) is 0.360. The molecule has 0 saturated heterocycles. The third-order valence-corrected chi connectivity index (χ3v) is 4.84. The molecule has 0 aliphatic heterocycles. The van der Waals surface area contributed by atoms with Gasteiger partial charge in [0.15, 0.2) is 17.5 Å². The minimum absolute atomic E-state index is 0.0441. The van der Waals surface area contributed by atoms with E-state index < -0.39 is 23.6 Å². The maximum absolute atomic E-state index is 15.1. The number of hydrogen-bond acceptors (Lipinski definition) is 7. The lowest BCUT2D eigenvalue weighted by Crippen LogP contribution is -2.26. The summed E-state index contributed by atoms with van der Waals surface area (Å²) in [5.74, 6) is -1.66. The molecule has 0 atom stereocenters. The lowest BCUT2D eigenvalue weighted by atomic mass is 10.1. The van der Waals surface area contributed by atoms with Crippen molar-refractivity contribution in [3.8, 4) is 5.82 Å². The molecule has 35 heavy (non-hydrogen) atoms. The molecule has 0 saturated carbocycles. The predicted molar refractivity (Wildman–Crippen MR) is 127 cm³/mol. The third kappa shape index (κ3) is 6.42. The van der Waals surface area contributed by atoms with Gasteiger partial charge in [-0.05, 0) is 45.4 Å². The van der Waals surface area contributed by atoms with Crippen molar-refractivity contribution in [2.45, 2.75) is 53.6 Å². The molecule has 0 bridgehead atoms. The van der Waals surface area contributed by atoms with Crippen LogP contribution in [0.25, 0.3) is 11.9 Å². The summed E-state index contributed by atoms with van der Waals surface area (Å²) in [6.45, 7) is 8.01. The molecule has 0 N–H and O–H groups in total. The van der Waals surface area contributed by atoms with E-state index in [1.807, 2.05) is 30.3 Å². The van der Waals surface area contributed by atoms with Gasteiger partial charge in [-0.15, -0.1) is 5.10 Å². The SMILES string of the molecule is CCO/C=C/c1nc(-n2nc(COCc3ccccc3)n(CC)c2=O)c(F)cc1C(=O)OC(C)C. The summed E-state index contributed by atoms with van der Waals surface area (Å²) in [5, 5.41) is 4.27. The van der Waals surface area contributed by atoms with Gasteiger partial charge in [-0.1, -0.05) is 30.3 Å². The Balaban J connectivity index is 1.97. The van der Waals surface area contributed by atoms with E-state index in [0.717, 1.165) is 16.3 Å². The average Bonchev–Trinajstić information content (AvgIpc) is 3.15. The van der Waals surface area contributed by atoms with E-state index in [-0.39, 0.29) is 23.7 Å². The minimum Gasteiger partial charge on any atom is -0.501 e. The van der Waals surface area contributed by atoms with Crippen molar-refractivity contribution in [2.24, 2.45) is 0 Å². The molecule has 3 aromatic rings. The number of carbonyl (C=O) groups excluding carboxylic acids is 1. The van der Waals surface area contributed by atoms with Gasteiger partial charge in [0.25, 0.3) is 0 Å². The Bertz CT molecular complexity index is 1230. The van der Waals surface area contributed by atoms with Gasteiger partial charge in [0.2, 0.25) is 0 Å². The highest BCUT2D eigenvalue weighted by Crippen LogP contribution is 2.18. The lowest BCUT2D eigenvalue weighted by Gasteiger charge is -2.11. The first kappa shape index (κ1) is 25.8. The van der Waals surface area contributed by atoms with Gasteiger partial charge in [0.05, 0.1) is 36.8 Å². The van der Waals surface area contributed by atoms with Gasteiger partial charge < -0.3 is 14.2 Å². The van der Waals surface area contributed by atoms with Crippen LogP contribution in [-0.4, -0.2) is 38.0 Å². The Morgan fingerprint density at radius 2 is 1.91 bits per heavy atom. The van der Waals surface area contributed by atoms with Crippen molar-refractivity contribution in [1.29, 1.82) is 0 Å². The van der Waals surface area contributed by atoms with E-state index in [9.17, 15) is 9.59 Å². The fourth-order valence-electron chi connectivity index (χ4n) is 3.25. The summed E-state index contributed by atoms with van der Waals surface area (Å²) < 4.78 is 33.5. The monoisotopic (exact) mass is 484 g/mol. The zero-order valence-corrected chi connectivity index (χ0v) is 20.2. The quantitative estimate of drug-likeness (QED) is 0.301. The second-order valence-electron chi connectivity index (χ2n) is 7.77. The van der Waals surface area contributed by atoms with E-state index >= 15 is 4.39 Å². The zero-order valence-electron chi connectivity index (χ0n) is 20.2. The van der Waals surface area contributed by atoms with E-state index in [1.165, 1.54) is 16.9 Å². The van der Waals surface area contributed by atoms with E-state index in [1.54, 1.807) is 27.7 Å². The molecule has 3 rings (SSSR count). The maximum atomic E-state index is 15.1. The number of rotatable bonds is 11. The lowest BCUT2D eigenvalue weighted by molar-refractivity contribution is 0.0376. The van der Waals surface area contributed by atoms with Gasteiger partial charge in [0.1, 0.15) is 6.61 Å². The van der Waals surface area contributed by atoms with E-state index in [0.29, 0.717) is 25.6 Å².